The fourth-order valence-corrected chi connectivity index (χ4v) is 2.35. The maximum Gasteiger partial charge on any atom is 0.287 e. The van der Waals surface area contributed by atoms with Gasteiger partial charge in [0.1, 0.15) is 17.2 Å². The van der Waals surface area contributed by atoms with Gasteiger partial charge in [0.15, 0.2) is 0 Å². The van der Waals surface area contributed by atoms with Crippen LogP contribution >= 0.6 is 0 Å². The van der Waals surface area contributed by atoms with Crippen molar-refractivity contribution in [2.24, 2.45) is 5.10 Å². The minimum Gasteiger partial charge on any atom is -0.497 e. The lowest BCUT2D eigenvalue weighted by atomic mass is 10.2. The lowest BCUT2D eigenvalue weighted by Gasteiger charge is -2.02. The van der Waals surface area contributed by atoms with Crippen molar-refractivity contribution in [2.75, 3.05) is 14.2 Å². The first-order valence-corrected chi connectivity index (χ1v) is 7.34. The van der Waals surface area contributed by atoms with E-state index in [-0.39, 0.29) is 5.91 Å². The number of aromatic amines is 1. The molecule has 0 aliphatic rings. The van der Waals surface area contributed by atoms with Crippen LogP contribution in [0.1, 0.15) is 16.1 Å². The quantitative estimate of drug-likeness (QED) is 0.560. The standard InChI is InChI=1S/C18H17N3O3/c1-23-14-8-7-12-9-16(20-15(12)10-14)18(22)21-19-11-13-5-3-4-6-17(13)24-2/h3-11,20H,1-2H3,(H,21,22)/b19-11+. The Bertz CT molecular complexity index is 899. The van der Waals surface area contributed by atoms with Crippen LogP contribution < -0.4 is 14.9 Å². The number of hydrogen-bond acceptors (Lipinski definition) is 4. The number of aromatic nitrogens is 1. The average Bonchev–Trinajstić information content (AvgIpc) is 3.05. The van der Waals surface area contributed by atoms with Gasteiger partial charge in [-0.05, 0) is 30.3 Å². The van der Waals surface area contributed by atoms with Gasteiger partial charge in [-0.25, -0.2) is 5.43 Å². The van der Waals surface area contributed by atoms with Crippen LogP contribution in [0.2, 0.25) is 0 Å². The second kappa shape index (κ2) is 6.87. The number of methoxy groups -OCH3 is 2. The molecule has 0 spiro atoms. The number of H-pyrrole nitrogens is 1. The molecule has 0 radical (unpaired) electrons. The summed E-state index contributed by atoms with van der Waals surface area (Å²) in [5, 5.41) is 4.91. The van der Waals surface area contributed by atoms with E-state index in [1.807, 2.05) is 42.5 Å². The Morgan fingerprint density at radius 3 is 2.75 bits per heavy atom. The van der Waals surface area contributed by atoms with Crippen molar-refractivity contribution in [1.82, 2.24) is 10.4 Å². The highest BCUT2D eigenvalue weighted by atomic mass is 16.5. The number of hydrazone groups is 1. The largest absolute Gasteiger partial charge is 0.497 e. The Hall–Kier alpha value is -3.28. The van der Waals surface area contributed by atoms with Crippen LogP contribution in [0.25, 0.3) is 10.9 Å². The lowest BCUT2D eigenvalue weighted by molar-refractivity contribution is 0.0951. The molecule has 3 rings (SSSR count). The maximum atomic E-state index is 12.2. The van der Waals surface area contributed by atoms with Crippen LogP contribution in [0.5, 0.6) is 11.5 Å². The van der Waals surface area contributed by atoms with Gasteiger partial charge in [-0.15, -0.1) is 0 Å². The van der Waals surface area contributed by atoms with Crippen molar-refractivity contribution in [3.8, 4) is 11.5 Å². The van der Waals surface area contributed by atoms with Gasteiger partial charge in [0.25, 0.3) is 5.91 Å². The van der Waals surface area contributed by atoms with Crippen molar-refractivity contribution in [3.63, 3.8) is 0 Å². The van der Waals surface area contributed by atoms with Crippen LogP contribution in [0.15, 0.2) is 53.6 Å². The second-order valence-corrected chi connectivity index (χ2v) is 5.08. The normalized spacial score (nSPS) is 10.9. The Labute approximate surface area is 139 Å². The molecule has 6 heteroatoms. The zero-order valence-electron chi connectivity index (χ0n) is 13.4. The molecule has 122 valence electrons. The number of rotatable bonds is 5. The molecule has 1 amide bonds. The second-order valence-electron chi connectivity index (χ2n) is 5.08. The molecular weight excluding hydrogens is 306 g/mol. The minimum atomic E-state index is -0.323. The van der Waals surface area contributed by atoms with Gasteiger partial charge in [0.05, 0.1) is 20.4 Å². The molecule has 3 aromatic rings. The highest BCUT2D eigenvalue weighted by Gasteiger charge is 2.09. The van der Waals surface area contributed by atoms with Gasteiger partial charge >= 0.3 is 0 Å². The van der Waals surface area contributed by atoms with Gasteiger partial charge in [-0.2, -0.15) is 5.10 Å². The first-order chi connectivity index (χ1) is 11.7. The van der Waals surface area contributed by atoms with Gasteiger partial charge in [-0.1, -0.05) is 12.1 Å². The van der Waals surface area contributed by atoms with Crippen molar-refractivity contribution >= 4 is 23.0 Å². The van der Waals surface area contributed by atoms with E-state index in [1.54, 1.807) is 26.5 Å². The summed E-state index contributed by atoms with van der Waals surface area (Å²) < 4.78 is 10.4. The molecule has 0 saturated heterocycles. The van der Waals surface area contributed by atoms with Crippen LogP contribution in [0.4, 0.5) is 0 Å². The maximum absolute atomic E-state index is 12.2. The van der Waals surface area contributed by atoms with Crippen molar-refractivity contribution in [2.45, 2.75) is 0 Å². The number of fused-ring (bicyclic) bond motifs is 1. The highest BCUT2D eigenvalue weighted by molar-refractivity contribution is 5.98. The first kappa shape index (κ1) is 15.6. The van der Waals surface area contributed by atoms with E-state index in [9.17, 15) is 4.79 Å². The SMILES string of the molecule is COc1ccc2cc(C(=O)N/N=C/c3ccccc3OC)[nH]c2c1. The molecule has 1 aromatic heterocycles. The van der Waals surface area contributed by atoms with Crippen molar-refractivity contribution in [3.05, 3.63) is 59.8 Å². The number of nitrogens with one attached hydrogen (secondary N) is 2. The number of ether oxygens (including phenoxy) is 2. The summed E-state index contributed by atoms with van der Waals surface area (Å²) in [4.78, 5) is 15.2. The Kier molecular flexibility index (Phi) is 4.47. The molecule has 2 N–H and O–H groups in total. The molecule has 0 aliphatic heterocycles. The number of amides is 1. The molecule has 1 heterocycles. The topological polar surface area (TPSA) is 75.7 Å². The third-order valence-corrected chi connectivity index (χ3v) is 3.58. The summed E-state index contributed by atoms with van der Waals surface area (Å²) in [6.45, 7) is 0. The molecular formula is C18H17N3O3. The van der Waals surface area contributed by atoms with Crippen LogP contribution in [0.3, 0.4) is 0 Å². The minimum absolute atomic E-state index is 0.323. The fraction of sp³-hybridized carbons (Fsp3) is 0.111. The molecule has 2 aromatic carbocycles. The Balaban J connectivity index is 1.74. The van der Waals surface area contributed by atoms with Gasteiger partial charge < -0.3 is 14.5 Å². The number of carbonyl (C=O) groups excluding carboxylic acids is 1. The van der Waals surface area contributed by atoms with Gasteiger partial charge in [0.2, 0.25) is 0 Å². The summed E-state index contributed by atoms with van der Waals surface area (Å²) in [5.74, 6) is 1.09. The monoisotopic (exact) mass is 323 g/mol. The van der Waals surface area contributed by atoms with E-state index in [4.69, 9.17) is 9.47 Å². The summed E-state index contributed by atoms with van der Waals surface area (Å²) in [6, 6.07) is 14.8. The molecule has 0 aliphatic carbocycles. The van der Waals surface area contributed by atoms with E-state index in [1.165, 1.54) is 0 Å². The van der Waals surface area contributed by atoms with E-state index in [0.717, 1.165) is 22.2 Å². The number of para-hydroxylation sites is 1. The lowest BCUT2D eigenvalue weighted by Crippen LogP contribution is -2.17. The molecule has 0 unspecified atom stereocenters. The molecule has 6 nitrogen and oxygen atoms in total. The third kappa shape index (κ3) is 3.22. The summed E-state index contributed by atoms with van der Waals surface area (Å²) in [6.07, 6.45) is 1.54. The van der Waals surface area contributed by atoms with E-state index < -0.39 is 0 Å². The van der Waals surface area contributed by atoms with Gasteiger partial charge in [-0.3, -0.25) is 4.79 Å². The summed E-state index contributed by atoms with van der Waals surface area (Å²) >= 11 is 0. The molecule has 0 atom stereocenters. The molecule has 0 bridgehead atoms. The summed E-state index contributed by atoms with van der Waals surface area (Å²) in [5.41, 5.74) is 4.53. The average molecular weight is 323 g/mol. The van der Waals surface area contributed by atoms with Crippen molar-refractivity contribution < 1.29 is 14.3 Å². The summed E-state index contributed by atoms with van der Waals surface area (Å²) in [7, 11) is 3.19. The van der Waals surface area contributed by atoms with E-state index in [0.29, 0.717) is 11.4 Å². The number of carbonyl (C=O) groups is 1. The van der Waals surface area contributed by atoms with Crippen LogP contribution in [0, 0.1) is 0 Å². The Morgan fingerprint density at radius 2 is 1.96 bits per heavy atom. The zero-order valence-corrected chi connectivity index (χ0v) is 13.4. The Morgan fingerprint density at radius 1 is 1.12 bits per heavy atom. The van der Waals surface area contributed by atoms with Gasteiger partial charge in [0, 0.05) is 22.5 Å². The fourth-order valence-electron chi connectivity index (χ4n) is 2.35. The first-order valence-electron chi connectivity index (χ1n) is 7.34. The number of nitrogens with zero attached hydrogens (tertiary/aromatic N) is 1. The number of benzene rings is 2. The number of hydrogen-bond donors (Lipinski definition) is 2. The molecule has 0 fully saturated rings. The molecule has 0 saturated carbocycles. The predicted octanol–water partition coefficient (Wildman–Crippen LogP) is 2.95. The highest BCUT2D eigenvalue weighted by Crippen LogP contribution is 2.21. The zero-order chi connectivity index (χ0) is 16.9. The van der Waals surface area contributed by atoms with E-state index >= 15 is 0 Å². The third-order valence-electron chi connectivity index (χ3n) is 3.58. The predicted molar refractivity (Wildman–Crippen MR) is 92.9 cm³/mol. The van der Waals surface area contributed by atoms with Crippen LogP contribution in [-0.4, -0.2) is 31.3 Å². The van der Waals surface area contributed by atoms with Crippen molar-refractivity contribution in [1.29, 1.82) is 0 Å². The van der Waals surface area contributed by atoms with E-state index in [2.05, 4.69) is 15.5 Å². The molecule has 24 heavy (non-hydrogen) atoms. The van der Waals surface area contributed by atoms with Crippen LogP contribution in [-0.2, 0) is 0 Å². The smallest absolute Gasteiger partial charge is 0.287 e.